The van der Waals surface area contributed by atoms with Gasteiger partial charge in [0.05, 0.1) is 33.8 Å². The monoisotopic (exact) mass is 461 g/mol. The Labute approximate surface area is 179 Å². The second kappa shape index (κ2) is 6.56. The maximum atomic E-state index is 13.7. The number of fused-ring (bicyclic) bond motifs is 3. The number of H-pyrrole nitrogens is 1. The summed E-state index contributed by atoms with van der Waals surface area (Å²) in [6.45, 7) is 0.548. The second-order valence-corrected chi connectivity index (χ2v) is 8.08. The van der Waals surface area contributed by atoms with E-state index in [-0.39, 0.29) is 5.91 Å². The van der Waals surface area contributed by atoms with Crippen LogP contribution in [-0.4, -0.2) is 36.9 Å². The number of aromatic amines is 1. The molecule has 1 atom stereocenters. The highest BCUT2D eigenvalue weighted by Crippen LogP contribution is 2.42. The molecule has 6 rings (SSSR count). The minimum Gasteiger partial charge on any atom is -0.457 e. The summed E-state index contributed by atoms with van der Waals surface area (Å²) in [6, 6.07) is 13.1. The number of hydrogen-bond donors (Lipinski definition) is 1. The van der Waals surface area contributed by atoms with Gasteiger partial charge in [0, 0.05) is 30.2 Å². The van der Waals surface area contributed by atoms with Crippen molar-refractivity contribution in [2.45, 2.75) is 12.5 Å². The number of aromatic nitrogens is 4. The Morgan fingerprint density at radius 1 is 1.20 bits per heavy atom. The zero-order chi connectivity index (χ0) is 20.2. The van der Waals surface area contributed by atoms with Crippen molar-refractivity contribution in [1.82, 2.24) is 24.5 Å². The van der Waals surface area contributed by atoms with Gasteiger partial charge in [0.2, 0.25) is 0 Å². The third-order valence-electron chi connectivity index (χ3n) is 5.65. The van der Waals surface area contributed by atoms with Gasteiger partial charge < -0.3 is 14.3 Å². The molecule has 5 heterocycles. The van der Waals surface area contributed by atoms with Crippen LogP contribution in [0.2, 0.25) is 0 Å². The minimum absolute atomic E-state index is 0.0952. The van der Waals surface area contributed by atoms with Crippen molar-refractivity contribution in [2.75, 3.05) is 6.54 Å². The number of halogens is 1. The summed E-state index contributed by atoms with van der Waals surface area (Å²) in [5.41, 5.74) is 3.94. The highest BCUT2D eigenvalue weighted by Gasteiger charge is 2.39. The molecule has 0 aliphatic carbocycles. The lowest BCUT2D eigenvalue weighted by molar-refractivity contribution is 0.0674. The standard InChI is InChI=1S/C22H16BrN5O2/c23-18-13-5-1-2-7-17(13)30-21(18)20-19-15(24-12-25-19)8-10-27(20)22(29)14-11-26-28-9-4-3-6-16(14)28/h1-7,9,11-12,20H,8,10H2,(H,24,25)/t20-/m1/s1. The van der Waals surface area contributed by atoms with E-state index in [1.165, 1.54) is 0 Å². The number of nitrogens with zero attached hydrogens (tertiary/aromatic N) is 4. The lowest BCUT2D eigenvalue weighted by atomic mass is 9.99. The summed E-state index contributed by atoms with van der Waals surface area (Å²) in [4.78, 5) is 23.3. The summed E-state index contributed by atoms with van der Waals surface area (Å²) in [7, 11) is 0. The van der Waals surface area contributed by atoms with Crippen molar-refractivity contribution in [3.63, 3.8) is 0 Å². The van der Waals surface area contributed by atoms with E-state index in [1.54, 1.807) is 17.0 Å². The molecule has 30 heavy (non-hydrogen) atoms. The van der Waals surface area contributed by atoms with Gasteiger partial charge in [-0.2, -0.15) is 5.10 Å². The van der Waals surface area contributed by atoms with Crippen LogP contribution in [0, 0.1) is 0 Å². The number of carbonyl (C=O) groups is 1. The van der Waals surface area contributed by atoms with Crippen LogP contribution in [0.3, 0.4) is 0 Å². The number of para-hydroxylation sites is 1. The smallest absolute Gasteiger partial charge is 0.258 e. The molecule has 5 aromatic rings. The molecule has 1 aromatic carbocycles. The van der Waals surface area contributed by atoms with Crippen LogP contribution in [-0.2, 0) is 6.42 Å². The average molecular weight is 462 g/mol. The third-order valence-corrected chi connectivity index (χ3v) is 6.47. The Bertz CT molecular complexity index is 1420. The predicted molar refractivity (Wildman–Crippen MR) is 114 cm³/mol. The number of nitrogens with one attached hydrogen (secondary N) is 1. The van der Waals surface area contributed by atoms with Crippen molar-refractivity contribution in [1.29, 1.82) is 0 Å². The van der Waals surface area contributed by atoms with Gasteiger partial charge in [-0.1, -0.05) is 18.2 Å². The zero-order valence-corrected chi connectivity index (χ0v) is 17.3. The number of imidazole rings is 1. The number of rotatable bonds is 2. The largest absolute Gasteiger partial charge is 0.457 e. The van der Waals surface area contributed by atoms with Gasteiger partial charge in [-0.25, -0.2) is 9.50 Å². The van der Waals surface area contributed by atoms with Gasteiger partial charge in [0.15, 0.2) is 0 Å². The van der Waals surface area contributed by atoms with E-state index >= 15 is 0 Å². The highest BCUT2D eigenvalue weighted by atomic mass is 79.9. The van der Waals surface area contributed by atoms with E-state index in [2.05, 4.69) is 31.0 Å². The summed E-state index contributed by atoms with van der Waals surface area (Å²) in [5.74, 6) is 0.580. The van der Waals surface area contributed by atoms with Crippen LogP contribution < -0.4 is 0 Å². The van der Waals surface area contributed by atoms with E-state index in [0.29, 0.717) is 24.3 Å². The number of carbonyl (C=O) groups excluding carboxylic acids is 1. The first kappa shape index (κ1) is 17.5. The molecule has 0 radical (unpaired) electrons. The van der Waals surface area contributed by atoms with Crippen molar-refractivity contribution in [3.05, 3.63) is 88.4 Å². The van der Waals surface area contributed by atoms with Crippen molar-refractivity contribution in [3.8, 4) is 0 Å². The normalized spacial score (nSPS) is 16.3. The molecule has 0 spiro atoms. The van der Waals surface area contributed by atoms with E-state index < -0.39 is 6.04 Å². The third kappa shape index (κ3) is 2.46. The number of amides is 1. The molecule has 4 aromatic heterocycles. The number of benzene rings is 1. The average Bonchev–Trinajstić information content (AvgIpc) is 3.50. The molecular formula is C22H16BrN5O2. The molecule has 1 amide bonds. The van der Waals surface area contributed by atoms with Crippen LogP contribution >= 0.6 is 15.9 Å². The highest BCUT2D eigenvalue weighted by molar-refractivity contribution is 9.10. The minimum atomic E-state index is -0.437. The summed E-state index contributed by atoms with van der Waals surface area (Å²) < 4.78 is 8.79. The first-order valence-corrected chi connectivity index (χ1v) is 10.4. The maximum Gasteiger partial charge on any atom is 0.258 e. The predicted octanol–water partition coefficient (Wildman–Crippen LogP) is 4.35. The van der Waals surface area contributed by atoms with Crippen LogP contribution in [0.15, 0.2) is 70.1 Å². The summed E-state index contributed by atoms with van der Waals surface area (Å²) >= 11 is 3.71. The number of pyridine rings is 1. The summed E-state index contributed by atoms with van der Waals surface area (Å²) in [6.07, 6.45) is 5.84. The van der Waals surface area contributed by atoms with Gasteiger partial charge >= 0.3 is 0 Å². The number of hydrogen-bond acceptors (Lipinski definition) is 4. The van der Waals surface area contributed by atoms with E-state index in [0.717, 1.165) is 32.3 Å². The molecule has 0 unspecified atom stereocenters. The fraction of sp³-hybridized carbons (Fsp3) is 0.136. The lowest BCUT2D eigenvalue weighted by Crippen LogP contribution is -2.40. The quantitative estimate of drug-likeness (QED) is 0.423. The summed E-state index contributed by atoms with van der Waals surface area (Å²) in [5, 5.41) is 5.30. The van der Waals surface area contributed by atoms with Gasteiger partial charge in [-0.3, -0.25) is 4.79 Å². The van der Waals surface area contributed by atoms with Crippen molar-refractivity contribution >= 4 is 38.3 Å². The fourth-order valence-corrected chi connectivity index (χ4v) is 4.85. The van der Waals surface area contributed by atoms with Crippen LogP contribution in [0.4, 0.5) is 0 Å². The first-order valence-electron chi connectivity index (χ1n) is 9.65. The molecule has 148 valence electrons. The molecule has 0 bridgehead atoms. The Morgan fingerprint density at radius 2 is 2.07 bits per heavy atom. The Kier molecular flexibility index (Phi) is 3.82. The topological polar surface area (TPSA) is 79.4 Å². The molecule has 8 heteroatoms. The molecule has 1 N–H and O–H groups in total. The van der Waals surface area contributed by atoms with E-state index in [1.807, 2.05) is 53.6 Å². The molecule has 1 aliphatic rings. The zero-order valence-electron chi connectivity index (χ0n) is 15.7. The Hall–Kier alpha value is -3.39. The molecule has 0 fully saturated rings. The van der Waals surface area contributed by atoms with Crippen molar-refractivity contribution in [2.24, 2.45) is 0 Å². The Morgan fingerprint density at radius 3 is 2.97 bits per heavy atom. The first-order chi connectivity index (χ1) is 14.7. The molecular weight excluding hydrogens is 446 g/mol. The van der Waals surface area contributed by atoms with Crippen LogP contribution in [0.1, 0.15) is 33.5 Å². The molecule has 0 saturated carbocycles. The van der Waals surface area contributed by atoms with Gasteiger partial charge in [-0.15, -0.1) is 0 Å². The van der Waals surface area contributed by atoms with Crippen molar-refractivity contribution < 1.29 is 9.21 Å². The van der Waals surface area contributed by atoms with Crippen LogP contribution in [0.25, 0.3) is 16.5 Å². The SMILES string of the molecule is O=C(c1cnn2ccccc12)N1CCc2[nH]cnc2[C@@H]1c1oc2ccccc2c1Br. The molecule has 0 saturated heterocycles. The lowest BCUT2D eigenvalue weighted by Gasteiger charge is -2.33. The number of furan rings is 1. The maximum absolute atomic E-state index is 13.7. The fourth-order valence-electron chi connectivity index (χ4n) is 4.22. The van der Waals surface area contributed by atoms with E-state index in [9.17, 15) is 4.79 Å². The van der Waals surface area contributed by atoms with Crippen LogP contribution in [0.5, 0.6) is 0 Å². The Balaban J connectivity index is 1.52. The van der Waals surface area contributed by atoms with Gasteiger partial charge in [0.25, 0.3) is 5.91 Å². The second-order valence-electron chi connectivity index (χ2n) is 7.28. The molecule has 1 aliphatic heterocycles. The van der Waals surface area contributed by atoms with Gasteiger partial charge in [-0.05, 0) is 40.2 Å². The molecule has 7 nitrogen and oxygen atoms in total. The van der Waals surface area contributed by atoms with Gasteiger partial charge in [0.1, 0.15) is 17.4 Å². The van der Waals surface area contributed by atoms with E-state index in [4.69, 9.17) is 4.42 Å².